The van der Waals surface area contributed by atoms with E-state index in [2.05, 4.69) is 10.3 Å². The maximum atomic E-state index is 13.2. The second kappa shape index (κ2) is 8.51. The lowest BCUT2D eigenvalue weighted by atomic mass is 10.0. The number of rotatable bonds is 5. The van der Waals surface area contributed by atoms with Crippen LogP contribution in [0.5, 0.6) is 0 Å². The number of benzene rings is 1. The molecule has 1 aliphatic carbocycles. The van der Waals surface area contributed by atoms with E-state index in [1.54, 1.807) is 17.2 Å². The van der Waals surface area contributed by atoms with E-state index in [1.807, 2.05) is 24.3 Å². The first kappa shape index (κ1) is 19.9. The van der Waals surface area contributed by atoms with Gasteiger partial charge in [0.05, 0.1) is 5.92 Å². The lowest BCUT2D eigenvalue weighted by Gasteiger charge is -2.27. The molecule has 152 valence electrons. The van der Waals surface area contributed by atoms with Crippen molar-refractivity contribution in [2.45, 2.75) is 50.7 Å². The lowest BCUT2D eigenvalue weighted by molar-refractivity contribution is -0.139. The van der Waals surface area contributed by atoms with Gasteiger partial charge in [0, 0.05) is 36.5 Å². The standard InChI is InChI=1S/C22H25ClN4O2/c23-16-6-5-14(12-24)15(11-16)13-26-21(28)20-4-2-10-27(20)22(29)18-7-8-19-17(18)3-1-9-25-19/h1,3,5-6,9,11,18,20H,2,4,7-8,10,12-13,24H2,(H,26,28)/t18?,20-/m0/s1. The maximum absolute atomic E-state index is 13.2. The van der Waals surface area contributed by atoms with Crippen LogP contribution in [0.4, 0.5) is 0 Å². The number of nitrogens with zero attached hydrogens (tertiary/aromatic N) is 2. The van der Waals surface area contributed by atoms with Gasteiger partial charge in [-0.2, -0.15) is 0 Å². The highest BCUT2D eigenvalue weighted by molar-refractivity contribution is 6.30. The summed E-state index contributed by atoms with van der Waals surface area (Å²) in [5.41, 5.74) is 9.65. The molecule has 2 aromatic rings. The van der Waals surface area contributed by atoms with Gasteiger partial charge in [-0.3, -0.25) is 14.6 Å². The van der Waals surface area contributed by atoms with E-state index >= 15 is 0 Å². The first-order valence-electron chi connectivity index (χ1n) is 10.1. The summed E-state index contributed by atoms with van der Waals surface area (Å²) in [6.07, 6.45) is 4.86. The number of aryl methyl sites for hydroxylation is 1. The third kappa shape index (κ3) is 4.00. The minimum Gasteiger partial charge on any atom is -0.350 e. The van der Waals surface area contributed by atoms with Gasteiger partial charge in [0.15, 0.2) is 0 Å². The van der Waals surface area contributed by atoms with Gasteiger partial charge < -0.3 is 16.0 Å². The summed E-state index contributed by atoms with van der Waals surface area (Å²) in [5.74, 6) is -0.271. The second-order valence-corrected chi connectivity index (χ2v) is 8.09. The van der Waals surface area contributed by atoms with E-state index in [0.717, 1.165) is 41.6 Å². The number of carbonyl (C=O) groups excluding carboxylic acids is 2. The van der Waals surface area contributed by atoms with Crippen LogP contribution in [0, 0.1) is 0 Å². The molecule has 0 saturated carbocycles. The molecule has 0 spiro atoms. The molecule has 1 unspecified atom stereocenters. The number of nitrogens with one attached hydrogen (secondary N) is 1. The van der Waals surface area contributed by atoms with Gasteiger partial charge in [0.25, 0.3) is 0 Å². The summed E-state index contributed by atoms with van der Waals surface area (Å²) in [6.45, 7) is 1.35. The van der Waals surface area contributed by atoms with Crippen LogP contribution in [0.3, 0.4) is 0 Å². The number of aromatic nitrogens is 1. The van der Waals surface area contributed by atoms with E-state index in [9.17, 15) is 9.59 Å². The van der Waals surface area contributed by atoms with E-state index < -0.39 is 6.04 Å². The molecule has 1 fully saturated rings. The van der Waals surface area contributed by atoms with Crippen molar-refractivity contribution in [1.29, 1.82) is 0 Å². The van der Waals surface area contributed by atoms with Crippen LogP contribution in [-0.4, -0.2) is 34.3 Å². The van der Waals surface area contributed by atoms with E-state index in [1.165, 1.54) is 0 Å². The molecule has 3 N–H and O–H groups in total. The third-order valence-electron chi connectivity index (χ3n) is 5.95. The molecule has 2 aliphatic rings. The first-order valence-corrected chi connectivity index (χ1v) is 10.5. The summed E-state index contributed by atoms with van der Waals surface area (Å²) in [5, 5.41) is 3.59. The molecular formula is C22H25ClN4O2. The van der Waals surface area contributed by atoms with Crippen molar-refractivity contribution >= 4 is 23.4 Å². The normalized spacial score (nSPS) is 20.6. The van der Waals surface area contributed by atoms with Crippen molar-refractivity contribution in [2.24, 2.45) is 5.73 Å². The van der Waals surface area contributed by atoms with Crippen molar-refractivity contribution in [3.63, 3.8) is 0 Å². The van der Waals surface area contributed by atoms with Crippen LogP contribution in [0.25, 0.3) is 0 Å². The Hall–Kier alpha value is -2.44. The number of amides is 2. The first-order chi connectivity index (χ1) is 14.1. The zero-order valence-electron chi connectivity index (χ0n) is 16.2. The Kier molecular flexibility index (Phi) is 5.83. The Labute approximate surface area is 175 Å². The average molecular weight is 413 g/mol. The number of carbonyl (C=O) groups is 2. The number of hydrogen-bond acceptors (Lipinski definition) is 4. The van der Waals surface area contributed by atoms with Crippen LogP contribution in [0.15, 0.2) is 36.5 Å². The van der Waals surface area contributed by atoms with Crippen molar-refractivity contribution in [2.75, 3.05) is 6.54 Å². The highest BCUT2D eigenvalue weighted by Crippen LogP contribution is 2.35. The van der Waals surface area contributed by atoms with Gasteiger partial charge in [-0.1, -0.05) is 23.7 Å². The monoisotopic (exact) mass is 412 g/mol. The molecule has 1 aromatic heterocycles. The Balaban J connectivity index is 1.44. The number of halogens is 1. The highest BCUT2D eigenvalue weighted by atomic mass is 35.5. The quantitative estimate of drug-likeness (QED) is 0.789. The zero-order valence-corrected chi connectivity index (χ0v) is 17.0. The number of fused-ring (bicyclic) bond motifs is 1. The fraction of sp³-hybridized carbons (Fsp3) is 0.409. The Morgan fingerprint density at radius 1 is 1.24 bits per heavy atom. The topological polar surface area (TPSA) is 88.3 Å². The van der Waals surface area contributed by atoms with Gasteiger partial charge in [0.1, 0.15) is 6.04 Å². The van der Waals surface area contributed by atoms with Crippen molar-refractivity contribution < 1.29 is 9.59 Å². The van der Waals surface area contributed by atoms with Crippen LogP contribution >= 0.6 is 11.6 Å². The van der Waals surface area contributed by atoms with Crippen molar-refractivity contribution in [3.8, 4) is 0 Å². The molecule has 0 radical (unpaired) electrons. The SMILES string of the molecule is NCc1ccc(Cl)cc1CNC(=O)[C@@H]1CCCN1C(=O)C1CCc2ncccc21. The van der Waals surface area contributed by atoms with Gasteiger partial charge >= 0.3 is 0 Å². The minimum atomic E-state index is -0.427. The zero-order chi connectivity index (χ0) is 20.4. The molecule has 1 saturated heterocycles. The predicted octanol–water partition coefficient (Wildman–Crippen LogP) is 2.53. The molecule has 1 aromatic carbocycles. The van der Waals surface area contributed by atoms with Gasteiger partial charge in [-0.25, -0.2) is 0 Å². The molecule has 2 amide bonds. The molecule has 0 bridgehead atoms. The van der Waals surface area contributed by atoms with Crippen LogP contribution in [0.2, 0.25) is 5.02 Å². The Morgan fingerprint density at radius 3 is 2.93 bits per heavy atom. The summed E-state index contributed by atoms with van der Waals surface area (Å²) >= 11 is 6.08. The van der Waals surface area contributed by atoms with Gasteiger partial charge in [0.2, 0.25) is 11.8 Å². The maximum Gasteiger partial charge on any atom is 0.243 e. The Morgan fingerprint density at radius 2 is 2.10 bits per heavy atom. The third-order valence-corrected chi connectivity index (χ3v) is 6.18. The van der Waals surface area contributed by atoms with E-state index in [-0.39, 0.29) is 17.7 Å². The highest BCUT2D eigenvalue weighted by Gasteiger charge is 2.39. The summed E-state index contributed by atoms with van der Waals surface area (Å²) in [6, 6.07) is 8.92. The molecular weight excluding hydrogens is 388 g/mol. The van der Waals surface area contributed by atoms with Crippen LogP contribution in [-0.2, 0) is 29.1 Å². The van der Waals surface area contributed by atoms with Crippen LogP contribution in [0.1, 0.15) is 47.6 Å². The molecule has 29 heavy (non-hydrogen) atoms. The van der Waals surface area contributed by atoms with Crippen molar-refractivity contribution in [3.05, 3.63) is 63.9 Å². The number of likely N-dealkylation sites (tertiary alicyclic amines) is 1. The molecule has 6 nitrogen and oxygen atoms in total. The summed E-state index contributed by atoms with van der Waals surface area (Å²) in [4.78, 5) is 32.3. The fourth-order valence-corrected chi connectivity index (χ4v) is 4.63. The lowest BCUT2D eigenvalue weighted by Crippen LogP contribution is -2.47. The van der Waals surface area contributed by atoms with Crippen LogP contribution < -0.4 is 11.1 Å². The van der Waals surface area contributed by atoms with Gasteiger partial charge in [-0.05, 0) is 60.6 Å². The number of pyridine rings is 1. The van der Waals surface area contributed by atoms with E-state index in [4.69, 9.17) is 17.3 Å². The van der Waals surface area contributed by atoms with Gasteiger partial charge in [-0.15, -0.1) is 0 Å². The summed E-state index contributed by atoms with van der Waals surface area (Å²) in [7, 11) is 0. The fourth-order valence-electron chi connectivity index (χ4n) is 4.43. The number of nitrogens with two attached hydrogens (primary N) is 1. The summed E-state index contributed by atoms with van der Waals surface area (Å²) < 4.78 is 0. The predicted molar refractivity (Wildman–Crippen MR) is 111 cm³/mol. The number of hydrogen-bond donors (Lipinski definition) is 2. The largest absolute Gasteiger partial charge is 0.350 e. The minimum absolute atomic E-state index is 0.0415. The smallest absolute Gasteiger partial charge is 0.243 e. The average Bonchev–Trinajstić information content (AvgIpc) is 3.39. The molecule has 7 heteroatoms. The van der Waals surface area contributed by atoms with Crippen molar-refractivity contribution in [1.82, 2.24) is 15.2 Å². The van der Waals surface area contributed by atoms with E-state index in [0.29, 0.717) is 31.1 Å². The molecule has 1 aliphatic heterocycles. The molecule has 2 atom stereocenters. The second-order valence-electron chi connectivity index (χ2n) is 7.66. The Bertz CT molecular complexity index is 933. The molecule has 4 rings (SSSR count). The molecule has 2 heterocycles.